The Labute approximate surface area is 136 Å². The molecule has 0 saturated heterocycles. The first-order chi connectivity index (χ1) is 11.8. The zero-order chi connectivity index (χ0) is 16.1. The van der Waals surface area contributed by atoms with E-state index in [4.69, 9.17) is 0 Å². The molecule has 0 unspecified atom stereocenters. The van der Waals surface area contributed by atoms with Gasteiger partial charge in [-0.15, -0.1) is 0 Å². The third kappa shape index (κ3) is 1.88. The number of pyridine rings is 1. The van der Waals surface area contributed by atoms with E-state index in [1.54, 1.807) is 18.5 Å². The lowest BCUT2D eigenvalue weighted by Gasteiger charge is -2.13. The molecular weight excluding hydrogens is 303 g/mol. The molecule has 5 rings (SSSR count). The Morgan fingerprint density at radius 1 is 0.750 bits per heavy atom. The molecule has 0 atom stereocenters. The van der Waals surface area contributed by atoms with E-state index < -0.39 is 0 Å². The number of nitrogens with one attached hydrogen (secondary N) is 1. The van der Waals surface area contributed by atoms with Gasteiger partial charge in [-0.3, -0.25) is 0 Å². The van der Waals surface area contributed by atoms with Crippen molar-refractivity contribution in [3.63, 3.8) is 0 Å². The van der Waals surface area contributed by atoms with Gasteiger partial charge < -0.3 is 5.32 Å². The number of hydrogen-bond donors (Lipinski definition) is 1. The van der Waals surface area contributed by atoms with Gasteiger partial charge in [0.1, 0.15) is 18.0 Å². The van der Waals surface area contributed by atoms with E-state index in [9.17, 15) is 4.39 Å². The number of halogens is 1. The van der Waals surface area contributed by atoms with Crippen LogP contribution in [0.1, 0.15) is 0 Å². The molecule has 5 aromatic rings. The minimum atomic E-state index is -0.263. The summed E-state index contributed by atoms with van der Waals surface area (Å²) in [6.07, 6.45) is 3.41. The summed E-state index contributed by atoms with van der Waals surface area (Å²) in [5, 5.41) is 7.43. The van der Waals surface area contributed by atoms with E-state index in [1.807, 2.05) is 30.5 Å². The Hall–Kier alpha value is -3.34. The smallest absolute Gasteiger partial charge is 0.138 e. The fourth-order valence-electron chi connectivity index (χ4n) is 3.13. The van der Waals surface area contributed by atoms with Gasteiger partial charge in [0, 0.05) is 33.4 Å². The van der Waals surface area contributed by atoms with Crippen molar-refractivity contribution in [2.75, 3.05) is 5.32 Å². The highest BCUT2D eigenvalue weighted by Gasteiger charge is 2.13. The van der Waals surface area contributed by atoms with Crippen molar-refractivity contribution in [2.24, 2.45) is 0 Å². The van der Waals surface area contributed by atoms with E-state index >= 15 is 0 Å². The summed E-state index contributed by atoms with van der Waals surface area (Å²) >= 11 is 0. The summed E-state index contributed by atoms with van der Waals surface area (Å²) in [6.45, 7) is 0. The Kier molecular flexibility index (Phi) is 2.64. The van der Waals surface area contributed by atoms with Crippen LogP contribution in [0, 0.1) is 5.82 Å². The van der Waals surface area contributed by atoms with Gasteiger partial charge in [0.15, 0.2) is 0 Å². The molecule has 0 saturated carbocycles. The van der Waals surface area contributed by atoms with Gasteiger partial charge in [0.2, 0.25) is 0 Å². The Balaban J connectivity index is 1.79. The maximum absolute atomic E-state index is 13.1. The Bertz CT molecular complexity index is 1170. The Morgan fingerprint density at radius 3 is 2.29 bits per heavy atom. The monoisotopic (exact) mass is 314 g/mol. The van der Waals surface area contributed by atoms with Crippen LogP contribution >= 0.6 is 0 Å². The standard InChI is InChI=1S/C19H11FN4/c20-12-2-4-13(5-3-12)24-19-14-6-8-16-18-15(22-10-23-16)7-1-11(9-21-19)17(14)18/h1-10H,(H,21,24). The van der Waals surface area contributed by atoms with Gasteiger partial charge in [-0.1, -0.05) is 6.07 Å². The second-order valence-electron chi connectivity index (χ2n) is 5.67. The molecule has 0 spiro atoms. The summed E-state index contributed by atoms with van der Waals surface area (Å²) in [7, 11) is 0. The maximum atomic E-state index is 13.1. The van der Waals surface area contributed by atoms with Gasteiger partial charge in [-0.2, -0.15) is 0 Å². The molecule has 0 amide bonds. The minimum Gasteiger partial charge on any atom is -0.340 e. The SMILES string of the molecule is Fc1ccc(Nc2ncc3ccc4ncnc5ccc2c3c45)cc1. The van der Waals surface area contributed by atoms with Gasteiger partial charge >= 0.3 is 0 Å². The molecule has 3 aromatic carbocycles. The first-order valence-corrected chi connectivity index (χ1v) is 7.57. The minimum absolute atomic E-state index is 0.263. The molecule has 0 aliphatic carbocycles. The van der Waals surface area contributed by atoms with Crippen LogP contribution in [0.4, 0.5) is 15.9 Å². The second kappa shape index (κ2) is 4.83. The molecule has 0 radical (unpaired) electrons. The number of benzene rings is 3. The van der Waals surface area contributed by atoms with Gasteiger partial charge in [-0.25, -0.2) is 19.3 Å². The highest BCUT2D eigenvalue weighted by molar-refractivity contribution is 6.23. The molecule has 2 heterocycles. The molecule has 5 heteroatoms. The molecule has 4 nitrogen and oxygen atoms in total. The van der Waals surface area contributed by atoms with Crippen molar-refractivity contribution in [2.45, 2.75) is 0 Å². The van der Waals surface area contributed by atoms with Crippen molar-refractivity contribution >= 4 is 44.1 Å². The summed E-state index contributed by atoms with van der Waals surface area (Å²) in [5.41, 5.74) is 2.62. The third-order valence-electron chi connectivity index (χ3n) is 4.24. The predicted octanol–water partition coefficient (Wildman–Crippen LogP) is 4.65. The molecule has 0 aliphatic heterocycles. The molecule has 2 aromatic heterocycles. The highest BCUT2D eigenvalue weighted by atomic mass is 19.1. The highest BCUT2D eigenvalue weighted by Crippen LogP contribution is 2.35. The quantitative estimate of drug-likeness (QED) is 0.482. The van der Waals surface area contributed by atoms with E-state index in [-0.39, 0.29) is 5.82 Å². The van der Waals surface area contributed by atoms with Crippen LogP contribution in [0.15, 0.2) is 61.1 Å². The average Bonchev–Trinajstić information content (AvgIpc) is 2.63. The van der Waals surface area contributed by atoms with E-state index in [1.165, 1.54) is 12.1 Å². The van der Waals surface area contributed by atoms with Crippen molar-refractivity contribution < 1.29 is 4.39 Å². The van der Waals surface area contributed by atoms with Gasteiger partial charge in [-0.05, 0) is 42.5 Å². The number of rotatable bonds is 2. The zero-order valence-corrected chi connectivity index (χ0v) is 12.5. The lowest BCUT2D eigenvalue weighted by atomic mass is 10.0. The summed E-state index contributed by atoms with van der Waals surface area (Å²) < 4.78 is 13.1. The van der Waals surface area contributed by atoms with Crippen molar-refractivity contribution in [3.05, 3.63) is 66.9 Å². The molecule has 0 aliphatic rings. The van der Waals surface area contributed by atoms with Crippen LogP contribution in [0.5, 0.6) is 0 Å². The van der Waals surface area contributed by atoms with Gasteiger partial charge in [0.25, 0.3) is 0 Å². The van der Waals surface area contributed by atoms with Crippen LogP contribution < -0.4 is 5.32 Å². The van der Waals surface area contributed by atoms with Crippen molar-refractivity contribution in [1.29, 1.82) is 0 Å². The van der Waals surface area contributed by atoms with Gasteiger partial charge in [0.05, 0.1) is 11.0 Å². The number of hydrogen-bond acceptors (Lipinski definition) is 4. The average molecular weight is 314 g/mol. The summed E-state index contributed by atoms with van der Waals surface area (Å²) in [4.78, 5) is 13.3. The van der Waals surface area contributed by atoms with Crippen LogP contribution in [0.3, 0.4) is 0 Å². The molecule has 0 bridgehead atoms. The molecule has 1 N–H and O–H groups in total. The first-order valence-electron chi connectivity index (χ1n) is 7.57. The zero-order valence-electron chi connectivity index (χ0n) is 12.5. The van der Waals surface area contributed by atoms with Crippen molar-refractivity contribution in [3.8, 4) is 0 Å². The van der Waals surface area contributed by atoms with E-state index in [0.29, 0.717) is 0 Å². The number of aromatic nitrogens is 3. The first kappa shape index (κ1) is 13.1. The fraction of sp³-hybridized carbons (Fsp3) is 0. The second-order valence-corrected chi connectivity index (χ2v) is 5.67. The van der Waals surface area contributed by atoms with Crippen LogP contribution in [0.2, 0.25) is 0 Å². The number of nitrogens with zero attached hydrogens (tertiary/aromatic N) is 3. The van der Waals surface area contributed by atoms with Crippen molar-refractivity contribution in [1.82, 2.24) is 15.0 Å². The fourth-order valence-corrected chi connectivity index (χ4v) is 3.13. The largest absolute Gasteiger partial charge is 0.340 e. The topological polar surface area (TPSA) is 50.7 Å². The van der Waals surface area contributed by atoms with Crippen LogP contribution in [-0.2, 0) is 0 Å². The summed E-state index contributed by atoms with van der Waals surface area (Å²) in [5.74, 6) is 0.466. The molecule has 114 valence electrons. The van der Waals surface area contributed by atoms with E-state index in [2.05, 4.69) is 20.3 Å². The normalized spacial score (nSPS) is 11.5. The predicted molar refractivity (Wildman–Crippen MR) is 93.2 cm³/mol. The lowest BCUT2D eigenvalue weighted by Crippen LogP contribution is -1.97. The number of anilines is 2. The van der Waals surface area contributed by atoms with E-state index in [0.717, 1.165) is 44.1 Å². The lowest BCUT2D eigenvalue weighted by molar-refractivity contribution is 0.628. The van der Waals surface area contributed by atoms with Crippen LogP contribution in [-0.4, -0.2) is 15.0 Å². The summed E-state index contributed by atoms with van der Waals surface area (Å²) in [6, 6.07) is 14.2. The molecular formula is C19H11FN4. The maximum Gasteiger partial charge on any atom is 0.138 e. The molecule has 0 fully saturated rings. The van der Waals surface area contributed by atoms with Crippen LogP contribution in [0.25, 0.3) is 32.6 Å². The third-order valence-corrected chi connectivity index (χ3v) is 4.24. The Morgan fingerprint density at radius 2 is 1.50 bits per heavy atom. The molecule has 24 heavy (non-hydrogen) atoms.